The van der Waals surface area contributed by atoms with Gasteiger partial charge in [-0.25, -0.2) is 4.98 Å². The van der Waals surface area contributed by atoms with Gasteiger partial charge in [0, 0.05) is 12.5 Å². The van der Waals surface area contributed by atoms with Crippen LogP contribution in [0.25, 0.3) is 21.3 Å². The summed E-state index contributed by atoms with van der Waals surface area (Å²) < 4.78 is 3.50. The zero-order valence-electron chi connectivity index (χ0n) is 14.8. The van der Waals surface area contributed by atoms with Crippen LogP contribution in [0.3, 0.4) is 0 Å². The number of thiophene rings is 1. The highest BCUT2D eigenvalue weighted by Gasteiger charge is 2.25. The van der Waals surface area contributed by atoms with E-state index in [2.05, 4.69) is 26.0 Å². The van der Waals surface area contributed by atoms with Crippen LogP contribution in [0.4, 0.5) is 0 Å². The summed E-state index contributed by atoms with van der Waals surface area (Å²) in [5, 5.41) is 19.9. The van der Waals surface area contributed by atoms with E-state index in [9.17, 15) is 5.11 Å². The van der Waals surface area contributed by atoms with Crippen molar-refractivity contribution in [1.82, 2.24) is 14.5 Å². The van der Waals surface area contributed by atoms with Crippen molar-refractivity contribution in [2.75, 3.05) is 0 Å². The third-order valence-corrected chi connectivity index (χ3v) is 5.53. The van der Waals surface area contributed by atoms with Crippen LogP contribution in [0.15, 0.2) is 17.6 Å². The number of hydrogen-bond acceptors (Lipinski definition) is 5. The monoisotopic (exact) mass is 356 g/mol. The normalized spacial score (nSPS) is 16.4. The summed E-state index contributed by atoms with van der Waals surface area (Å²) in [6, 6.07) is 4.45. The molecule has 1 fully saturated rings. The fourth-order valence-corrected chi connectivity index (χ4v) is 4.39. The lowest BCUT2D eigenvalue weighted by Crippen LogP contribution is -2.16. The molecule has 0 aliphatic heterocycles. The van der Waals surface area contributed by atoms with Gasteiger partial charge in [-0.1, -0.05) is 26.2 Å². The molecule has 0 bridgehead atoms. The van der Waals surface area contributed by atoms with Crippen LogP contribution < -0.4 is 0 Å². The van der Waals surface area contributed by atoms with E-state index in [1.165, 1.54) is 36.8 Å². The third kappa shape index (κ3) is 3.53. The number of fused-ring (bicyclic) bond motifs is 3. The lowest BCUT2D eigenvalue weighted by Gasteiger charge is -2.26. The van der Waals surface area contributed by atoms with Gasteiger partial charge in [0.2, 0.25) is 0 Å². The molecule has 3 aromatic rings. The number of imidazole rings is 1. The summed E-state index contributed by atoms with van der Waals surface area (Å²) in [5.74, 6) is 0.791. The SMILES string of the molecule is CC(O)c1nc2cnc3ccsc3c2n1C1CCCCC1.CCC#N. The van der Waals surface area contributed by atoms with Crippen molar-refractivity contribution in [3.05, 3.63) is 23.5 Å². The molecule has 5 nitrogen and oxygen atoms in total. The first-order chi connectivity index (χ1) is 12.2. The first-order valence-electron chi connectivity index (χ1n) is 8.96. The quantitative estimate of drug-likeness (QED) is 0.691. The Morgan fingerprint density at radius 3 is 2.72 bits per heavy atom. The Kier molecular flexibility index (Phi) is 5.67. The first kappa shape index (κ1) is 17.8. The molecule has 3 aromatic heterocycles. The second kappa shape index (κ2) is 7.94. The minimum absolute atomic E-state index is 0.459. The largest absolute Gasteiger partial charge is 0.385 e. The van der Waals surface area contributed by atoms with Gasteiger partial charge >= 0.3 is 0 Å². The fraction of sp³-hybridized carbons (Fsp3) is 0.526. The van der Waals surface area contributed by atoms with E-state index < -0.39 is 6.10 Å². The summed E-state index contributed by atoms with van der Waals surface area (Å²) in [6.45, 7) is 3.62. The highest BCUT2D eigenvalue weighted by molar-refractivity contribution is 7.18. The van der Waals surface area contributed by atoms with Gasteiger partial charge in [-0.15, -0.1) is 11.3 Å². The molecular weight excluding hydrogens is 332 g/mol. The van der Waals surface area contributed by atoms with Crippen LogP contribution in [0.5, 0.6) is 0 Å². The molecule has 1 aliphatic rings. The molecule has 1 saturated carbocycles. The van der Waals surface area contributed by atoms with Crippen molar-refractivity contribution < 1.29 is 5.11 Å². The summed E-state index contributed by atoms with van der Waals surface area (Å²) in [7, 11) is 0. The Bertz CT molecular complexity index is 884. The van der Waals surface area contributed by atoms with Crippen LogP contribution in [0, 0.1) is 11.3 Å². The van der Waals surface area contributed by atoms with Gasteiger partial charge < -0.3 is 9.67 Å². The Labute approximate surface area is 151 Å². The maximum Gasteiger partial charge on any atom is 0.138 e. The molecule has 132 valence electrons. The van der Waals surface area contributed by atoms with Crippen LogP contribution in [0.1, 0.15) is 70.3 Å². The van der Waals surface area contributed by atoms with E-state index in [4.69, 9.17) is 5.26 Å². The van der Waals surface area contributed by atoms with Gasteiger partial charge in [0.15, 0.2) is 0 Å². The van der Waals surface area contributed by atoms with E-state index in [0.717, 1.165) is 22.4 Å². The molecule has 0 radical (unpaired) electrons. The van der Waals surface area contributed by atoms with E-state index in [1.807, 2.05) is 19.2 Å². The average Bonchev–Trinajstić information content (AvgIpc) is 3.26. The number of pyridine rings is 1. The van der Waals surface area contributed by atoms with E-state index >= 15 is 0 Å². The molecule has 0 amide bonds. The fourth-order valence-electron chi connectivity index (χ4n) is 3.50. The molecule has 0 saturated heterocycles. The lowest BCUT2D eigenvalue weighted by atomic mass is 9.95. The molecule has 1 unspecified atom stereocenters. The van der Waals surface area contributed by atoms with Crippen molar-refractivity contribution in [2.45, 2.75) is 64.5 Å². The topological polar surface area (TPSA) is 74.7 Å². The maximum atomic E-state index is 10.2. The highest BCUT2D eigenvalue weighted by atomic mass is 32.1. The second-order valence-electron chi connectivity index (χ2n) is 6.45. The van der Waals surface area contributed by atoms with Crippen LogP contribution in [-0.4, -0.2) is 19.6 Å². The maximum absolute atomic E-state index is 10.2. The zero-order valence-corrected chi connectivity index (χ0v) is 15.6. The molecule has 0 spiro atoms. The van der Waals surface area contributed by atoms with E-state index in [0.29, 0.717) is 12.5 Å². The van der Waals surface area contributed by atoms with Crippen LogP contribution in [0.2, 0.25) is 0 Å². The molecule has 25 heavy (non-hydrogen) atoms. The molecular formula is C19H24N4OS. The number of hydrogen-bond donors (Lipinski definition) is 1. The van der Waals surface area contributed by atoms with Gasteiger partial charge in [0.1, 0.15) is 17.4 Å². The van der Waals surface area contributed by atoms with E-state index in [-0.39, 0.29) is 0 Å². The lowest BCUT2D eigenvalue weighted by molar-refractivity contribution is 0.178. The molecule has 1 aliphatic carbocycles. The minimum Gasteiger partial charge on any atom is -0.385 e. The number of aliphatic hydroxyl groups is 1. The van der Waals surface area contributed by atoms with Crippen molar-refractivity contribution in [3.8, 4) is 6.07 Å². The Morgan fingerprint density at radius 2 is 2.08 bits per heavy atom. The number of nitriles is 1. The number of aromatic nitrogens is 3. The predicted molar refractivity (Wildman–Crippen MR) is 102 cm³/mol. The summed E-state index contributed by atoms with van der Waals surface area (Å²) >= 11 is 1.72. The molecule has 0 aromatic carbocycles. The number of aliphatic hydroxyl groups excluding tert-OH is 1. The Hall–Kier alpha value is -1.97. The van der Waals surface area contributed by atoms with Gasteiger partial charge in [-0.3, -0.25) is 4.98 Å². The second-order valence-corrected chi connectivity index (χ2v) is 7.36. The zero-order chi connectivity index (χ0) is 17.8. The highest BCUT2D eigenvalue weighted by Crippen LogP contribution is 2.37. The van der Waals surface area contributed by atoms with Gasteiger partial charge in [0.05, 0.1) is 28.0 Å². The number of nitrogens with zero attached hydrogens (tertiary/aromatic N) is 4. The number of rotatable bonds is 2. The van der Waals surface area contributed by atoms with Crippen LogP contribution >= 0.6 is 11.3 Å². The summed E-state index contributed by atoms with van der Waals surface area (Å²) in [6.07, 6.45) is 8.14. The summed E-state index contributed by atoms with van der Waals surface area (Å²) in [4.78, 5) is 9.16. The minimum atomic E-state index is -0.547. The summed E-state index contributed by atoms with van der Waals surface area (Å²) in [5.41, 5.74) is 3.10. The van der Waals surface area contributed by atoms with Crippen molar-refractivity contribution in [3.63, 3.8) is 0 Å². The van der Waals surface area contributed by atoms with Crippen LogP contribution in [-0.2, 0) is 0 Å². The average molecular weight is 356 g/mol. The first-order valence-corrected chi connectivity index (χ1v) is 9.84. The third-order valence-electron chi connectivity index (χ3n) is 4.62. The molecule has 1 atom stereocenters. The molecule has 6 heteroatoms. The molecule has 3 heterocycles. The van der Waals surface area contributed by atoms with Gasteiger partial charge in [-0.05, 0) is 31.2 Å². The Morgan fingerprint density at radius 1 is 1.36 bits per heavy atom. The van der Waals surface area contributed by atoms with Gasteiger partial charge in [0.25, 0.3) is 0 Å². The van der Waals surface area contributed by atoms with Crippen molar-refractivity contribution in [2.24, 2.45) is 0 Å². The standard InChI is InChI=1S/C16H19N3OS.C3H5N/c1-10(20)16-18-13-9-17-12-7-8-21-15(12)14(13)19(16)11-5-3-2-4-6-11;1-2-3-4/h7-11,20H,2-6H2,1H3;2H2,1H3. The van der Waals surface area contributed by atoms with E-state index in [1.54, 1.807) is 18.3 Å². The Balaban J connectivity index is 0.000000415. The predicted octanol–water partition coefficient (Wildman–Crippen LogP) is 5.12. The molecule has 4 rings (SSSR count). The van der Waals surface area contributed by atoms with Gasteiger partial charge in [-0.2, -0.15) is 5.26 Å². The van der Waals surface area contributed by atoms with Crippen molar-refractivity contribution >= 4 is 32.6 Å². The molecule has 1 N–H and O–H groups in total. The van der Waals surface area contributed by atoms with Crippen molar-refractivity contribution in [1.29, 1.82) is 5.26 Å². The smallest absolute Gasteiger partial charge is 0.138 e.